The molecule has 3 N–H and O–H groups in total. The van der Waals surface area contributed by atoms with Gasteiger partial charge in [-0.05, 0) is 24.7 Å². The molecule has 0 bridgehead atoms. The summed E-state index contributed by atoms with van der Waals surface area (Å²) in [4.78, 5) is 0. The Morgan fingerprint density at radius 2 is 2.43 bits per heavy atom. The van der Waals surface area contributed by atoms with Gasteiger partial charge >= 0.3 is 0 Å². The number of anilines is 2. The van der Waals surface area contributed by atoms with Gasteiger partial charge in [0.2, 0.25) is 0 Å². The molecule has 1 aromatic rings. The van der Waals surface area contributed by atoms with Gasteiger partial charge in [-0.3, -0.25) is 0 Å². The second-order valence-corrected chi connectivity index (χ2v) is 4.78. The largest absolute Gasteiger partial charge is 0.394 e. The Hall–Kier alpha value is -1.19. The molecule has 0 aromatic carbocycles. The van der Waals surface area contributed by atoms with E-state index < -0.39 is 0 Å². The molecule has 3 rings (SSSR count). The molecular formula is C10H16N4. The maximum atomic E-state index is 5.84. The molecule has 4 heteroatoms. The molecule has 1 aliphatic carbocycles. The highest BCUT2D eigenvalue weighted by molar-refractivity contribution is 5.61. The van der Waals surface area contributed by atoms with E-state index in [2.05, 4.69) is 22.0 Å². The van der Waals surface area contributed by atoms with Crippen molar-refractivity contribution in [3.05, 3.63) is 6.20 Å². The molecule has 1 fully saturated rings. The van der Waals surface area contributed by atoms with E-state index in [0.29, 0.717) is 11.5 Å². The molecule has 1 aliphatic heterocycles. The van der Waals surface area contributed by atoms with Crippen molar-refractivity contribution in [2.24, 2.45) is 5.41 Å². The lowest BCUT2D eigenvalue weighted by atomic mass is 9.95. The van der Waals surface area contributed by atoms with Crippen LogP contribution in [0, 0.1) is 5.41 Å². The van der Waals surface area contributed by atoms with E-state index in [1.807, 2.05) is 0 Å². The van der Waals surface area contributed by atoms with Crippen LogP contribution in [0.1, 0.15) is 32.2 Å². The Labute approximate surface area is 83.5 Å². The Kier molecular flexibility index (Phi) is 1.42. The molecule has 2 heterocycles. The fourth-order valence-corrected chi connectivity index (χ4v) is 2.42. The number of nitrogen functional groups attached to an aromatic ring is 1. The number of rotatable bonds is 1. The van der Waals surface area contributed by atoms with Gasteiger partial charge in [-0.1, -0.05) is 6.92 Å². The Bertz CT molecular complexity index is 364. The van der Waals surface area contributed by atoms with E-state index in [9.17, 15) is 0 Å². The smallest absolute Gasteiger partial charge is 0.148 e. The standard InChI is InChI=1S/C10H16N4/c1-10(3-4-10)8-2-5-12-9-7(11)6-13-14(8)9/h6,8,12H,2-5,11H2,1H3. The SMILES string of the molecule is CC1(C2CCNc3c(N)cnn32)CC1. The maximum absolute atomic E-state index is 5.84. The summed E-state index contributed by atoms with van der Waals surface area (Å²) < 4.78 is 2.09. The van der Waals surface area contributed by atoms with E-state index in [1.54, 1.807) is 6.20 Å². The van der Waals surface area contributed by atoms with Gasteiger partial charge in [0, 0.05) is 6.54 Å². The van der Waals surface area contributed by atoms with Crippen molar-refractivity contribution in [2.45, 2.75) is 32.2 Å². The van der Waals surface area contributed by atoms with E-state index in [-0.39, 0.29) is 0 Å². The van der Waals surface area contributed by atoms with Crippen LogP contribution in [-0.2, 0) is 0 Å². The predicted molar refractivity (Wildman–Crippen MR) is 56.1 cm³/mol. The number of hydrogen-bond donors (Lipinski definition) is 2. The predicted octanol–water partition coefficient (Wildman–Crippen LogP) is 1.62. The monoisotopic (exact) mass is 192 g/mol. The van der Waals surface area contributed by atoms with Crippen LogP contribution in [0.25, 0.3) is 0 Å². The van der Waals surface area contributed by atoms with Crippen molar-refractivity contribution in [1.82, 2.24) is 9.78 Å². The summed E-state index contributed by atoms with van der Waals surface area (Å²) in [6, 6.07) is 0.552. The average Bonchev–Trinajstić information content (AvgIpc) is 2.83. The topological polar surface area (TPSA) is 55.9 Å². The summed E-state index contributed by atoms with van der Waals surface area (Å²) in [5.41, 5.74) is 7.10. The zero-order valence-corrected chi connectivity index (χ0v) is 8.45. The third kappa shape index (κ3) is 0.966. The van der Waals surface area contributed by atoms with Crippen molar-refractivity contribution < 1.29 is 0 Å². The molecule has 1 aromatic heterocycles. The van der Waals surface area contributed by atoms with Crippen molar-refractivity contribution in [2.75, 3.05) is 17.6 Å². The van der Waals surface area contributed by atoms with Crippen LogP contribution in [0.4, 0.5) is 11.5 Å². The summed E-state index contributed by atoms with van der Waals surface area (Å²) in [6.45, 7) is 3.38. The molecule has 2 aliphatic rings. The quantitative estimate of drug-likeness (QED) is 0.711. The lowest BCUT2D eigenvalue weighted by Crippen LogP contribution is -2.29. The lowest BCUT2D eigenvalue weighted by molar-refractivity contribution is 0.285. The van der Waals surface area contributed by atoms with E-state index in [0.717, 1.165) is 18.1 Å². The van der Waals surface area contributed by atoms with Crippen LogP contribution < -0.4 is 11.1 Å². The molecule has 4 nitrogen and oxygen atoms in total. The first-order valence-electron chi connectivity index (χ1n) is 5.27. The van der Waals surface area contributed by atoms with Gasteiger partial charge in [-0.2, -0.15) is 5.10 Å². The first-order valence-corrected chi connectivity index (χ1v) is 5.27. The molecule has 1 saturated carbocycles. The molecular weight excluding hydrogens is 176 g/mol. The molecule has 1 atom stereocenters. The van der Waals surface area contributed by atoms with Gasteiger partial charge in [-0.15, -0.1) is 0 Å². The number of nitrogens with one attached hydrogen (secondary N) is 1. The highest BCUT2D eigenvalue weighted by Crippen LogP contribution is 2.56. The van der Waals surface area contributed by atoms with Gasteiger partial charge in [0.15, 0.2) is 0 Å². The highest BCUT2D eigenvalue weighted by Gasteiger charge is 2.47. The molecule has 76 valence electrons. The van der Waals surface area contributed by atoms with Crippen molar-refractivity contribution in [3.63, 3.8) is 0 Å². The zero-order chi connectivity index (χ0) is 9.76. The fourth-order valence-electron chi connectivity index (χ4n) is 2.42. The summed E-state index contributed by atoms with van der Waals surface area (Å²) in [5.74, 6) is 1.02. The molecule has 0 radical (unpaired) electrons. The summed E-state index contributed by atoms with van der Waals surface area (Å²) in [5, 5.41) is 7.69. The van der Waals surface area contributed by atoms with E-state index in [4.69, 9.17) is 5.73 Å². The fraction of sp³-hybridized carbons (Fsp3) is 0.700. The van der Waals surface area contributed by atoms with Crippen LogP contribution >= 0.6 is 0 Å². The summed E-state index contributed by atoms with van der Waals surface area (Å²) in [7, 11) is 0. The van der Waals surface area contributed by atoms with Crippen LogP contribution in [0.15, 0.2) is 6.20 Å². The molecule has 0 spiro atoms. The van der Waals surface area contributed by atoms with Crippen LogP contribution in [0.2, 0.25) is 0 Å². The highest BCUT2D eigenvalue weighted by atomic mass is 15.4. The Balaban J connectivity index is 2.03. The van der Waals surface area contributed by atoms with Gasteiger partial charge in [0.25, 0.3) is 0 Å². The van der Waals surface area contributed by atoms with Crippen LogP contribution in [0.5, 0.6) is 0 Å². The molecule has 1 unspecified atom stereocenters. The van der Waals surface area contributed by atoms with Gasteiger partial charge < -0.3 is 11.1 Å². The second-order valence-electron chi connectivity index (χ2n) is 4.78. The number of fused-ring (bicyclic) bond motifs is 1. The molecule has 0 amide bonds. The van der Waals surface area contributed by atoms with Gasteiger partial charge in [0.05, 0.1) is 17.9 Å². The van der Waals surface area contributed by atoms with Crippen molar-refractivity contribution in [1.29, 1.82) is 0 Å². The number of aromatic nitrogens is 2. The summed E-state index contributed by atoms with van der Waals surface area (Å²) >= 11 is 0. The van der Waals surface area contributed by atoms with Crippen molar-refractivity contribution >= 4 is 11.5 Å². The average molecular weight is 192 g/mol. The minimum Gasteiger partial charge on any atom is -0.394 e. The maximum Gasteiger partial charge on any atom is 0.148 e. The molecule has 0 saturated heterocycles. The minimum absolute atomic E-state index is 0.481. The lowest BCUT2D eigenvalue weighted by Gasteiger charge is -2.30. The molecule has 14 heavy (non-hydrogen) atoms. The normalized spacial score (nSPS) is 27.9. The number of nitrogens with zero attached hydrogens (tertiary/aromatic N) is 2. The number of nitrogens with two attached hydrogens (primary N) is 1. The third-order valence-corrected chi connectivity index (χ3v) is 3.67. The second kappa shape index (κ2) is 2.43. The van der Waals surface area contributed by atoms with Gasteiger partial charge in [-0.25, -0.2) is 4.68 Å². The summed E-state index contributed by atoms with van der Waals surface area (Å²) in [6.07, 6.45) is 5.59. The first kappa shape index (κ1) is 8.15. The van der Waals surface area contributed by atoms with Crippen LogP contribution in [-0.4, -0.2) is 16.3 Å². The van der Waals surface area contributed by atoms with Gasteiger partial charge in [0.1, 0.15) is 5.82 Å². The zero-order valence-electron chi connectivity index (χ0n) is 8.45. The van der Waals surface area contributed by atoms with E-state index in [1.165, 1.54) is 19.3 Å². The van der Waals surface area contributed by atoms with E-state index >= 15 is 0 Å². The Morgan fingerprint density at radius 1 is 1.64 bits per heavy atom. The minimum atomic E-state index is 0.481. The first-order chi connectivity index (χ1) is 6.71. The Morgan fingerprint density at radius 3 is 3.14 bits per heavy atom. The third-order valence-electron chi connectivity index (χ3n) is 3.67. The van der Waals surface area contributed by atoms with Crippen molar-refractivity contribution in [3.8, 4) is 0 Å². The van der Waals surface area contributed by atoms with Crippen LogP contribution in [0.3, 0.4) is 0 Å². The number of hydrogen-bond acceptors (Lipinski definition) is 3.